The summed E-state index contributed by atoms with van der Waals surface area (Å²) in [5, 5.41) is 12.0. The van der Waals surface area contributed by atoms with E-state index < -0.39 is 12.0 Å². The molecule has 0 radical (unpaired) electrons. The van der Waals surface area contributed by atoms with Crippen LogP contribution >= 0.6 is 11.8 Å². The number of benzene rings is 1. The van der Waals surface area contributed by atoms with Crippen molar-refractivity contribution in [3.8, 4) is 0 Å². The number of rotatable bonds is 6. The van der Waals surface area contributed by atoms with Gasteiger partial charge in [-0.1, -0.05) is 42.5 Å². The lowest BCUT2D eigenvalue weighted by Crippen LogP contribution is -2.70. The first-order chi connectivity index (χ1) is 13.0. The summed E-state index contributed by atoms with van der Waals surface area (Å²) in [6.07, 6.45) is 6.35. The average Bonchev–Trinajstić information content (AvgIpc) is 3.48. The minimum Gasteiger partial charge on any atom is -0.477 e. The lowest BCUT2D eigenvalue weighted by atomic mass is 10.0. The minimum atomic E-state index is -1.10. The predicted molar refractivity (Wildman–Crippen MR) is 102 cm³/mol. The fraction of sp³-hybridized carbons (Fsp3) is 0.350. The second kappa shape index (κ2) is 7.23. The molecule has 6 nitrogen and oxygen atoms in total. The number of hydrogen-bond acceptors (Lipinski definition) is 4. The lowest BCUT2D eigenvalue weighted by Gasteiger charge is -2.49. The van der Waals surface area contributed by atoms with Crippen LogP contribution in [0.25, 0.3) is 0 Å². The maximum absolute atomic E-state index is 12.6. The zero-order valence-corrected chi connectivity index (χ0v) is 15.4. The van der Waals surface area contributed by atoms with Crippen molar-refractivity contribution in [2.45, 2.75) is 30.7 Å². The number of carboxylic acid groups (broad SMARTS) is 1. The Morgan fingerprint density at radius 2 is 2.00 bits per heavy atom. The number of aliphatic carboxylic acids is 1. The summed E-state index contributed by atoms with van der Waals surface area (Å²) >= 11 is 1.49. The van der Waals surface area contributed by atoms with Crippen molar-refractivity contribution < 1.29 is 19.5 Å². The molecular formula is C20H20N2O4S. The Balaban J connectivity index is 1.45. The van der Waals surface area contributed by atoms with E-state index in [-0.39, 0.29) is 29.3 Å². The molecule has 2 atom stereocenters. The SMILES string of the molecule is O=C(Cc1ccccc1)NC1C(=O)N2C(C(=O)O)=C(/C=C\C3CC3)CSC12. The summed E-state index contributed by atoms with van der Waals surface area (Å²) in [6.45, 7) is 0. The molecule has 0 bridgehead atoms. The van der Waals surface area contributed by atoms with E-state index in [0.717, 1.165) is 18.4 Å². The van der Waals surface area contributed by atoms with Gasteiger partial charge in [-0.3, -0.25) is 14.5 Å². The van der Waals surface area contributed by atoms with Gasteiger partial charge < -0.3 is 10.4 Å². The summed E-state index contributed by atoms with van der Waals surface area (Å²) in [4.78, 5) is 37.9. The van der Waals surface area contributed by atoms with E-state index in [1.165, 1.54) is 16.7 Å². The number of hydrogen-bond donors (Lipinski definition) is 2. The van der Waals surface area contributed by atoms with Gasteiger partial charge in [0.25, 0.3) is 5.91 Å². The molecule has 0 aromatic heterocycles. The zero-order valence-electron chi connectivity index (χ0n) is 14.6. The maximum Gasteiger partial charge on any atom is 0.352 e. The van der Waals surface area contributed by atoms with E-state index in [1.807, 2.05) is 42.5 Å². The van der Waals surface area contributed by atoms with Gasteiger partial charge in [0.15, 0.2) is 0 Å². The highest BCUT2D eigenvalue weighted by molar-refractivity contribution is 8.00. The first-order valence-corrected chi connectivity index (χ1v) is 10.0. The first kappa shape index (κ1) is 17.9. The van der Waals surface area contributed by atoms with Crippen LogP contribution in [0.3, 0.4) is 0 Å². The van der Waals surface area contributed by atoms with Crippen LogP contribution in [-0.4, -0.2) is 45.0 Å². The molecule has 2 heterocycles. The standard InChI is InChI=1S/C20H20N2O4S/c23-15(10-13-4-2-1-3-5-13)21-16-18(24)22-17(20(25)26)14(11-27-19(16)22)9-8-12-6-7-12/h1-5,8-9,12,16,19H,6-7,10-11H2,(H,21,23)(H,25,26)/b9-8-. The summed E-state index contributed by atoms with van der Waals surface area (Å²) < 4.78 is 0. The summed E-state index contributed by atoms with van der Waals surface area (Å²) in [7, 11) is 0. The number of carbonyl (C=O) groups excluding carboxylic acids is 2. The van der Waals surface area contributed by atoms with Gasteiger partial charge in [-0.15, -0.1) is 11.8 Å². The highest BCUT2D eigenvalue weighted by atomic mass is 32.2. The topological polar surface area (TPSA) is 86.7 Å². The van der Waals surface area contributed by atoms with Crippen molar-refractivity contribution in [3.63, 3.8) is 0 Å². The average molecular weight is 384 g/mol. The number of allylic oxidation sites excluding steroid dienone is 2. The fourth-order valence-corrected chi connectivity index (χ4v) is 4.64. The van der Waals surface area contributed by atoms with Gasteiger partial charge in [0.05, 0.1) is 6.42 Å². The Hall–Kier alpha value is -2.54. The molecule has 7 heteroatoms. The molecule has 1 aliphatic carbocycles. The number of nitrogens with one attached hydrogen (secondary N) is 1. The Bertz CT molecular complexity index is 845. The molecule has 2 amide bonds. The number of carbonyl (C=O) groups is 3. The van der Waals surface area contributed by atoms with Crippen molar-refractivity contribution in [1.82, 2.24) is 10.2 Å². The van der Waals surface area contributed by atoms with Gasteiger partial charge in [0.2, 0.25) is 5.91 Å². The van der Waals surface area contributed by atoms with Crippen LogP contribution in [0.2, 0.25) is 0 Å². The van der Waals surface area contributed by atoms with E-state index in [0.29, 0.717) is 17.2 Å². The van der Waals surface area contributed by atoms with Crippen LogP contribution in [0.4, 0.5) is 0 Å². The van der Waals surface area contributed by atoms with E-state index in [9.17, 15) is 19.5 Å². The largest absolute Gasteiger partial charge is 0.477 e. The number of fused-ring (bicyclic) bond motifs is 1. The molecule has 27 heavy (non-hydrogen) atoms. The monoisotopic (exact) mass is 384 g/mol. The van der Waals surface area contributed by atoms with Crippen molar-refractivity contribution in [2.75, 3.05) is 5.75 Å². The Kier molecular flexibility index (Phi) is 4.78. The molecule has 1 aromatic carbocycles. The third-order valence-electron chi connectivity index (χ3n) is 4.92. The number of thioether (sulfide) groups is 1. The van der Waals surface area contributed by atoms with Gasteiger partial charge in [-0.05, 0) is 29.9 Å². The molecule has 140 valence electrons. The van der Waals surface area contributed by atoms with Crippen LogP contribution in [-0.2, 0) is 20.8 Å². The third kappa shape index (κ3) is 3.64. The second-order valence-corrected chi connectivity index (χ2v) is 8.10. The molecule has 2 N–H and O–H groups in total. The van der Waals surface area contributed by atoms with Crippen LogP contribution in [0.1, 0.15) is 18.4 Å². The second-order valence-electron chi connectivity index (χ2n) is 6.99. The normalized spacial score (nSPS) is 24.6. The molecule has 4 rings (SSSR count). The number of β-lactam (4-membered cyclic amide) rings is 1. The molecule has 1 aromatic rings. The summed E-state index contributed by atoms with van der Waals surface area (Å²) in [5.74, 6) is -0.640. The van der Waals surface area contributed by atoms with Crippen molar-refractivity contribution >= 4 is 29.5 Å². The summed E-state index contributed by atoms with van der Waals surface area (Å²) in [6, 6.07) is 8.63. The van der Waals surface area contributed by atoms with E-state index in [1.54, 1.807) is 0 Å². The number of amides is 2. The molecule has 2 unspecified atom stereocenters. The first-order valence-electron chi connectivity index (χ1n) is 8.97. The van der Waals surface area contributed by atoms with E-state index in [2.05, 4.69) is 5.32 Å². The highest BCUT2D eigenvalue weighted by Gasteiger charge is 2.53. The number of carboxylic acids is 1. The number of nitrogens with zero attached hydrogens (tertiary/aromatic N) is 1. The molecule has 1 saturated heterocycles. The van der Waals surface area contributed by atoms with Crippen LogP contribution in [0.5, 0.6) is 0 Å². The quantitative estimate of drug-likeness (QED) is 0.732. The van der Waals surface area contributed by atoms with Crippen molar-refractivity contribution in [1.29, 1.82) is 0 Å². The smallest absolute Gasteiger partial charge is 0.352 e. The predicted octanol–water partition coefficient (Wildman–Crippen LogP) is 1.93. The Morgan fingerprint density at radius 3 is 2.67 bits per heavy atom. The Morgan fingerprint density at radius 1 is 1.26 bits per heavy atom. The third-order valence-corrected chi connectivity index (χ3v) is 6.22. The van der Waals surface area contributed by atoms with Gasteiger partial charge in [0.1, 0.15) is 17.1 Å². The van der Waals surface area contributed by atoms with E-state index >= 15 is 0 Å². The van der Waals surface area contributed by atoms with Crippen molar-refractivity contribution in [3.05, 3.63) is 59.3 Å². The zero-order chi connectivity index (χ0) is 19.0. The van der Waals surface area contributed by atoms with Crippen LogP contribution in [0, 0.1) is 5.92 Å². The van der Waals surface area contributed by atoms with Crippen LogP contribution < -0.4 is 5.32 Å². The van der Waals surface area contributed by atoms with Crippen LogP contribution in [0.15, 0.2) is 53.8 Å². The van der Waals surface area contributed by atoms with Gasteiger partial charge in [0, 0.05) is 5.75 Å². The lowest BCUT2D eigenvalue weighted by molar-refractivity contribution is -0.150. The van der Waals surface area contributed by atoms with Gasteiger partial charge >= 0.3 is 5.97 Å². The highest BCUT2D eigenvalue weighted by Crippen LogP contribution is 2.41. The Labute approximate surface area is 161 Å². The maximum atomic E-state index is 12.6. The molecule has 2 aliphatic heterocycles. The fourth-order valence-electron chi connectivity index (χ4n) is 3.32. The van der Waals surface area contributed by atoms with E-state index in [4.69, 9.17) is 0 Å². The van der Waals surface area contributed by atoms with Gasteiger partial charge in [-0.25, -0.2) is 4.79 Å². The van der Waals surface area contributed by atoms with Crippen molar-refractivity contribution in [2.24, 2.45) is 5.92 Å². The minimum absolute atomic E-state index is 0.0502. The molecule has 0 spiro atoms. The summed E-state index contributed by atoms with van der Waals surface area (Å²) in [5.41, 5.74) is 1.58. The van der Waals surface area contributed by atoms with Gasteiger partial charge in [-0.2, -0.15) is 0 Å². The molecule has 2 fully saturated rings. The molecular weight excluding hydrogens is 364 g/mol. The molecule has 1 saturated carbocycles. The molecule has 3 aliphatic rings.